The number of esters is 1. The van der Waals surface area contributed by atoms with Crippen molar-refractivity contribution >= 4 is 17.5 Å². The average Bonchev–Trinajstić information content (AvgIpc) is 2.96. The summed E-state index contributed by atoms with van der Waals surface area (Å²) in [5.41, 5.74) is 2.96. The second-order valence-corrected chi connectivity index (χ2v) is 8.27. The van der Waals surface area contributed by atoms with Gasteiger partial charge in [0.15, 0.2) is 0 Å². The monoisotopic (exact) mass is 406 g/mol. The van der Waals surface area contributed by atoms with E-state index in [1.54, 1.807) is 0 Å². The Kier molecular flexibility index (Phi) is 5.52. The van der Waals surface area contributed by atoms with Gasteiger partial charge in [-0.2, -0.15) is 0 Å². The van der Waals surface area contributed by atoms with E-state index in [1.165, 1.54) is 11.1 Å². The summed E-state index contributed by atoms with van der Waals surface area (Å²) in [7, 11) is 2.15. The van der Waals surface area contributed by atoms with Crippen LogP contribution in [0.15, 0.2) is 59.7 Å². The molecule has 0 bridgehead atoms. The van der Waals surface area contributed by atoms with E-state index in [0.29, 0.717) is 19.0 Å². The van der Waals surface area contributed by atoms with E-state index in [4.69, 9.17) is 9.84 Å². The fourth-order valence-electron chi connectivity index (χ4n) is 4.49. The van der Waals surface area contributed by atoms with E-state index < -0.39 is 5.66 Å². The van der Waals surface area contributed by atoms with E-state index in [-0.39, 0.29) is 12.0 Å². The number of anilines is 1. The molecule has 0 N–H and O–H groups in total. The van der Waals surface area contributed by atoms with Crippen molar-refractivity contribution in [3.05, 3.63) is 65.7 Å². The van der Waals surface area contributed by atoms with Crippen molar-refractivity contribution in [3.8, 4) is 0 Å². The number of hydrogen-bond donors (Lipinski definition) is 0. The normalized spacial score (nSPS) is 24.3. The number of hydrogen-bond acceptors (Lipinski definition) is 6. The molecule has 2 heterocycles. The molecule has 2 aliphatic heterocycles. The van der Waals surface area contributed by atoms with Crippen molar-refractivity contribution in [2.24, 2.45) is 5.10 Å². The van der Waals surface area contributed by atoms with Crippen molar-refractivity contribution in [3.63, 3.8) is 0 Å². The smallest absolute Gasteiger partial charge is 0.376 e. The number of nitrogens with zero attached hydrogens (tertiary/aromatic N) is 4. The van der Waals surface area contributed by atoms with E-state index >= 15 is 0 Å². The zero-order valence-electron chi connectivity index (χ0n) is 18.2. The molecule has 1 saturated heterocycles. The maximum atomic E-state index is 12.8. The second kappa shape index (κ2) is 8.11. The lowest BCUT2D eigenvalue weighted by molar-refractivity contribution is -0.136. The molecule has 6 nitrogen and oxygen atoms in total. The first-order chi connectivity index (χ1) is 14.4. The third-order valence-electron chi connectivity index (χ3n) is 6.20. The van der Waals surface area contributed by atoms with Gasteiger partial charge in [0.2, 0.25) is 5.84 Å². The number of amidine groups is 1. The van der Waals surface area contributed by atoms with Crippen molar-refractivity contribution in [2.75, 3.05) is 31.8 Å². The standard InChI is InChI=1S/C24H30N4O2/c1-5-30-23(29)22-25-28(20-13-11-18(2)12-14-20)24(3)17-21(19-9-7-6-8-10-19)26(4)15-16-27(22)24/h6-14,21H,5,15-17H2,1-4H3/t21?,24-/m1/s1. The molecule has 158 valence electrons. The molecule has 1 fully saturated rings. The molecule has 0 saturated carbocycles. The molecule has 0 spiro atoms. The van der Waals surface area contributed by atoms with Crippen LogP contribution in [-0.4, -0.2) is 54.0 Å². The molecule has 0 aromatic heterocycles. The predicted octanol–water partition coefficient (Wildman–Crippen LogP) is 3.79. The Morgan fingerprint density at radius 1 is 1.13 bits per heavy atom. The summed E-state index contributed by atoms with van der Waals surface area (Å²) >= 11 is 0. The van der Waals surface area contributed by atoms with Crippen LogP contribution in [0.5, 0.6) is 0 Å². The highest BCUT2D eigenvalue weighted by atomic mass is 16.5. The number of benzene rings is 2. The van der Waals surface area contributed by atoms with Crippen LogP contribution in [0.3, 0.4) is 0 Å². The fraction of sp³-hybridized carbons (Fsp3) is 0.417. The first-order valence-electron chi connectivity index (χ1n) is 10.6. The van der Waals surface area contributed by atoms with Gasteiger partial charge in [-0.15, -0.1) is 5.10 Å². The minimum atomic E-state index is -0.484. The summed E-state index contributed by atoms with van der Waals surface area (Å²) in [4.78, 5) is 17.3. The summed E-state index contributed by atoms with van der Waals surface area (Å²) in [6.07, 6.45) is 0.799. The number of likely N-dealkylation sites (N-methyl/N-ethyl adjacent to an activating group) is 1. The van der Waals surface area contributed by atoms with Gasteiger partial charge >= 0.3 is 5.97 Å². The van der Waals surface area contributed by atoms with Crippen LogP contribution in [0, 0.1) is 6.92 Å². The molecule has 30 heavy (non-hydrogen) atoms. The number of carbonyl (C=O) groups excluding carboxylic acids is 1. The van der Waals surface area contributed by atoms with Gasteiger partial charge < -0.3 is 9.64 Å². The van der Waals surface area contributed by atoms with Gasteiger partial charge in [-0.3, -0.25) is 4.90 Å². The molecule has 0 amide bonds. The molecule has 4 rings (SSSR count). The summed E-state index contributed by atoms with van der Waals surface area (Å²) in [6.45, 7) is 7.94. The van der Waals surface area contributed by atoms with Gasteiger partial charge in [-0.05, 0) is 45.5 Å². The Morgan fingerprint density at radius 3 is 2.50 bits per heavy atom. The van der Waals surface area contributed by atoms with Crippen LogP contribution in [-0.2, 0) is 9.53 Å². The molecule has 2 aliphatic rings. The fourth-order valence-corrected chi connectivity index (χ4v) is 4.49. The van der Waals surface area contributed by atoms with Crippen molar-refractivity contribution in [2.45, 2.75) is 38.9 Å². The van der Waals surface area contributed by atoms with Crippen LogP contribution in [0.25, 0.3) is 0 Å². The predicted molar refractivity (Wildman–Crippen MR) is 119 cm³/mol. The molecule has 0 radical (unpaired) electrons. The first-order valence-corrected chi connectivity index (χ1v) is 10.6. The van der Waals surface area contributed by atoms with Gasteiger partial charge in [0.1, 0.15) is 5.66 Å². The summed E-state index contributed by atoms with van der Waals surface area (Å²) < 4.78 is 5.35. The number of ether oxygens (including phenoxy) is 1. The highest BCUT2D eigenvalue weighted by Gasteiger charge is 2.51. The largest absolute Gasteiger partial charge is 0.460 e. The third kappa shape index (κ3) is 3.56. The molecular weight excluding hydrogens is 376 g/mol. The summed E-state index contributed by atoms with van der Waals surface area (Å²) in [5.74, 6) is 0.0289. The van der Waals surface area contributed by atoms with Crippen LogP contribution < -0.4 is 5.01 Å². The lowest BCUT2D eigenvalue weighted by Gasteiger charge is -2.42. The van der Waals surface area contributed by atoms with Gasteiger partial charge in [0, 0.05) is 25.6 Å². The van der Waals surface area contributed by atoms with Gasteiger partial charge in [-0.1, -0.05) is 48.0 Å². The lowest BCUT2D eigenvalue weighted by atomic mass is 9.94. The molecule has 2 aromatic carbocycles. The molecule has 6 heteroatoms. The first kappa shape index (κ1) is 20.4. The van der Waals surface area contributed by atoms with Crippen molar-refractivity contribution in [1.82, 2.24) is 9.80 Å². The quantitative estimate of drug-likeness (QED) is 0.723. The van der Waals surface area contributed by atoms with E-state index in [0.717, 1.165) is 18.7 Å². The van der Waals surface area contributed by atoms with E-state index in [2.05, 4.69) is 79.2 Å². The SMILES string of the molecule is CCOC(=O)C1=NN(c2ccc(C)cc2)[C@]2(C)CC(c3ccccc3)N(C)CCN12. The minimum absolute atomic E-state index is 0.214. The third-order valence-corrected chi connectivity index (χ3v) is 6.20. The Bertz CT molecular complexity index is 928. The zero-order valence-corrected chi connectivity index (χ0v) is 18.2. The van der Waals surface area contributed by atoms with Crippen LogP contribution >= 0.6 is 0 Å². The average molecular weight is 407 g/mol. The highest BCUT2D eigenvalue weighted by molar-refractivity contribution is 6.36. The zero-order chi connectivity index (χ0) is 21.3. The van der Waals surface area contributed by atoms with Gasteiger partial charge in [-0.25, -0.2) is 9.80 Å². The second-order valence-electron chi connectivity index (χ2n) is 8.27. The molecule has 1 unspecified atom stereocenters. The van der Waals surface area contributed by atoms with E-state index in [1.807, 2.05) is 18.0 Å². The molecule has 2 aromatic rings. The molecular formula is C24H30N4O2. The van der Waals surface area contributed by atoms with Gasteiger partial charge in [0.25, 0.3) is 0 Å². The van der Waals surface area contributed by atoms with Crippen LogP contribution in [0.4, 0.5) is 5.69 Å². The van der Waals surface area contributed by atoms with Crippen LogP contribution in [0.2, 0.25) is 0 Å². The number of rotatable bonds is 4. The number of aryl methyl sites for hydroxylation is 1. The van der Waals surface area contributed by atoms with E-state index in [9.17, 15) is 4.79 Å². The number of fused-ring (bicyclic) bond motifs is 1. The minimum Gasteiger partial charge on any atom is -0.460 e. The number of hydrazone groups is 1. The summed E-state index contributed by atoms with van der Waals surface area (Å²) in [5, 5.41) is 6.81. The highest BCUT2D eigenvalue weighted by Crippen LogP contribution is 2.42. The van der Waals surface area contributed by atoms with Crippen molar-refractivity contribution in [1.29, 1.82) is 0 Å². The lowest BCUT2D eigenvalue weighted by Crippen LogP contribution is -2.55. The Morgan fingerprint density at radius 2 is 1.83 bits per heavy atom. The molecule has 0 aliphatic carbocycles. The summed E-state index contributed by atoms with van der Waals surface area (Å²) in [6, 6.07) is 19.1. The Labute approximate surface area is 178 Å². The Balaban J connectivity index is 1.78. The maximum absolute atomic E-state index is 12.8. The maximum Gasteiger partial charge on any atom is 0.376 e. The topological polar surface area (TPSA) is 48.4 Å². The van der Waals surface area contributed by atoms with Crippen molar-refractivity contribution < 1.29 is 9.53 Å². The Hall–Kier alpha value is -2.86. The van der Waals surface area contributed by atoms with Gasteiger partial charge in [0.05, 0.1) is 12.3 Å². The van der Waals surface area contributed by atoms with Crippen LogP contribution in [0.1, 0.15) is 37.4 Å². The molecule has 2 atom stereocenters. The number of carbonyl (C=O) groups is 1.